The lowest BCUT2D eigenvalue weighted by atomic mass is 10.1. The molecule has 132 valence electrons. The van der Waals surface area contributed by atoms with Crippen molar-refractivity contribution in [3.8, 4) is 0 Å². The molecule has 0 bridgehead atoms. The molecular weight excluding hydrogens is 324 g/mol. The van der Waals surface area contributed by atoms with Crippen LogP contribution in [0.2, 0.25) is 0 Å². The first kappa shape index (κ1) is 18.1. The summed E-state index contributed by atoms with van der Waals surface area (Å²) in [6.45, 7) is 4.42. The highest BCUT2D eigenvalue weighted by Gasteiger charge is 2.16. The first-order valence-electron chi connectivity index (χ1n) is 7.85. The molecule has 25 heavy (non-hydrogen) atoms. The molecule has 0 atom stereocenters. The van der Waals surface area contributed by atoms with E-state index in [1.54, 1.807) is 48.0 Å². The largest absolute Gasteiger partial charge is 0.449 e. The van der Waals surface area contributed by atoms with Crippen LogP contribution in [-0.2, 0) is 11.3 Å². The molecule has 8 nitrogen and oxygen atoms in total. The van der Waals surface area contributed by atoms with Crippen LogP contribution in [0.1, 0.15) is 34.7 Å². The van der Waals surface area contributed by atoms with Crippen molar-refractivity contribution in [3.05, 3.63) is 53.9 Å². The van der Waals surface area contributed by atoms with E-state index in [1.807, 2.05) is 6.92 Å². The molecule has 0 saturated heterocycles. The number of anilines is 1. The molecule has 1 aromatic carbocycles. The molecule has 0 unspecified atom stereocenters. The minimum atomic E-state index is -0.766. The average Bonchev–Trinajstić information content (AvgIpc) is 3.09. The molecule has 0 fully saturated rings. The van der Waals surface area contributed by atoms with E-state index < -0.39 is 12.0 Å². The van der Waals surface area contributed by atoms with Crippen molar-refractivity contribution in [3.63, 3.8) is 0 Å². The van der Waals surface area contributed by atoms with Gasteiger partial charge >= 0.3 is 6.09 Å². The van der Waals surface area contributed by atoms with Crippen molar-refractivity contribution in [2.24, 2.45) is 0 Å². The van der Waals surface area contributed by atoms with Crippen molar-refractivity contribution >= 4 is 23.6 Å². The highest BCUT2D eigenvalue weighted by molar-refractivity contribution is 6.08. The summed E-state index contributed by atoms with van der Waals surface area (Å²) in [7, 11) is 0. The van der Waals surface area contributed by atoms with Gasteiger partial charge in [0.25, 0.3) is 11.8 Å². The second-order valence-electron chi connectivity index (χ2n) is 4.98. The van der Waals surface area contributed by atoms with E-state index in [1.165, 1.54) is 6.07 Å². The maximum atomic E-state index is 12.4. The van der Waals surface area contributed by atoms with E-state index in [9.17, 15) is 14.4 Å². The molecule has 3 amide bonds. The molecule has 0 saturated carbocycles. The number of amides is 3. The fourth-order valence-corrected chi connectivity index (χ4v) is 2.21. The van der Waals surface area contributed by atoms with Gasteiger partial charge in [-0.05, 0) is 38.1 Å². The Morgan fingerprint density at radius 1 is 1.00 bits per heavy atom. The SMILES string of the molecule is CCOC(=O)NNC(=O)c1ccccc1NC(=O)c1cccn1CC. The number of nitrogens with zero attached hydrogens (tertiary/aromatic N) is 1. The molecule has 0 aliphatic heterocycles. The topological polar surface area (TPSA) is 101 Å². The molecule has 8 heteroatoms. The molecule has 0 aliphatic carbocycles. The normalized spacial score (nSPS) is 10.0. The number of rotatable bonds is 5. The van der Waals surface area contributed by atoms with Crippen LogP contribution in [0.4, 0.5) is 10.5 Å². The summed E-state index contributed by atoms with van der Waals surface area (Å²) in [6.07, 6.45) is 1.04. The second kappa shape index (κ2) is 8.53. The Morgan fingerprint density at radius 2 is 1.76 bits per heavy atom. The van der Waals surface area contributed by atoms with E-state index in [2.05, 4.69) is 20.9 Å². The minimum Gasteiger partial charge on any atom is -0.449 e. The van der Waals surface area contributed by atoms with Crippen LogP contribution in [-0.4, -0.2) is 29.1 Å². The van der Waals surface area contributed by atoms with Crippen LogP contribution in [0.25, 0.3) is 0 Å². The van der Waals surface area contributed by atoms with Crippen LogP contribution in [0.5, 0.6) is 0 Å². The van der Waals surface area contributed by atoms with Gasteiger partial charge in [-0.3, -0.25) is 15.0 Å². The Morgan fingerprint density at radius 3 is 2.48 bits per heavy atom. The summed E-state index contributed by atoms with van der Waals surface area (Å²) in [5, 5.41) is 2.72. The number of hydrogen-bond acceptors (Lipinski definition) is 4. The van der Waals surface area contributed by atoms with Gasteiger partial charge in [-0.1, -0.05) is 12.1 Å². The van der Waals surface area contributed by atoms with Gasteiger partial charge in [0.2, 0.25) is 0 Å². The van der Waals surface area contributed by atoms with Crippen molar-refractivity contribution in [1.82, 2.24) is 15.4 Å². The van der Waals surface area contributed by atoms with Crippen molar-refractivity contribution in [2.75, 3.05) is 11.9 Å². The van der Waals surface area contributed by atoms with Gasteiger partial charge in [0.1, 0.15) is 5.69 Å². The highest BCUT2D eigenvalue weighted by atomic mass is 16.5. The van der Waals surface area contributed by atoms with E-state index in [0.717, 1.165) is 0 Å². The minimum absolute atomic E-state index is 0.186. The second-order valence-corrected chi connectivity index (χ2v) is 4.98. The van der Waals surface area contributed by atoms with Crippen LogP contribution in [0.3, 0.4) is 0 Å². The summed E-state index contributed by atoms with van der Waals surface area (Å²) in [5.74, 6) is -0.903. The molecule has 1 aromatic heterocycles. The van der Waals surface area contributed by atoms with E-state index in [0.29, 0.717) is 17.9 Å². The number of hydrazine groups is 1. The highest BCUT2D eigenvalue weighted by Crippen LogP contribution is 2.16. The van der Waals surface area contributed by atoms with Gasteiger partial charge in [-0.2, -0.15) is 0 Å². The van der Waals surface area contributed by atoms with Crippen molar-refractivity contribution in [2.45, 2.75) is 20.4 Å². The lowest BCUT2D eigenvalue weighted by Crippen LogP contribution is -2.42. The molecule has 3 N–H and O–H groups in total. The first-order valence-corrected chi connectivity index (χ1v) is 7.85. The number of para-hydroxylation sites is 1. The van der Waals surface area contributed by atoms with Gasteiger partial charge in [0, 0.05) is 12.7 Å². The molecular formula is C17H20N4O4. The zero-order chi connectivity index (χ0) is 18.2. The smallest absolute Gasteiger partial charge is 0.426 e. The summed E-state index contributed by atoms with van der Waals surface area (Å²) in [4.78, 5) is 35.9. The number of nitrogens with one attached hydrogen (secondary N) is 3. The van der Waals surface area contributed by atoms with Gasteiger partial charge in [0.15, 0.2) is 0 Å². The monoisotopic (exact) mass is 344 g/mol. The standard InChI is InChI=1S/C17H20N4O4/c1-3-21-11-7-10-14(21)16(23)18-13-9-6-5-8-12(13)15(22)19-20-17(24)25-4-2/h5-11H,3-4H2,1-2H3,(H,18,23)(H,19,22)(H,20,24). The predicted octanol–water partition coefficient (Wildman–Crippen LogP) is 2.15. The zero-order valence-corrected chi connectivity index (χ0v) is 14.0. The molecule has 0 radical (unpaired) electrons. The number of carbonyl (C=O) groups is 3. The third-order valence-electron chi connectivity index (χ3n) is 3.38. The molecule has 0 aliphatic rings. The first-order chi connectivity index (χ1) is 12.1. The predicted molar refractivity (Wildman–Crippen MR) is 92.1 cm³/mol. The third kappa shape index (κ3) is 4.60. The van der Waals surface area contributed by atoms with Crippen molar-refractivity contribution in [1.29, 1.82) is 0 Å². The number of benzene rings is 1. The maximum Gasteiger partial charge on any atom is 0.426 e. The molecule has 0 spiro atoms. The fourth-order valence-electron chi connectivity index (χ4n) is 2.21. The summed E-state index contributed by atoms with van der Waals surface area (Å²) in [5.41, 5.74) is 5.40. The fraction of sp³-hybridized carbons (Fsp3) is 0.235. The molecule has 1 heterocycles. The Bertz CT molecular complexity index is 770. The Labute approximate surface area is 145 Å². The third-order valence-corrected chi connectivity index (χ3v) is 3.38. The number of ether oxygens (including phenoxy) is 1. The van der Waals surface area contributed by atoms with Crippen molar-refractivity contribution < 1.29 is 19.1 Å². The maximum absolute atomic E-state index is 12.4. The number of carbonyl (C=O) groups excluding carboxylic acids is 3. The van der Waals surface area contributed by atoms with Gasteiger partial charge in [0.05, 0.1) is 17.9 Å². The quantitative estimate of drug-likeness (QED) is 0.723. The van der Waals surface area contributed by atoms with E-state index >= 15 is 0 Å². The number of aromatic nitrogens is 1. The summed E-state index contributed by atoms with van der Waals surface area (Å²) in [6, 6.07) is 9.98. The lowest BCUT2D eigenvalue weighted by Gasteiger charge is -2.12. The lowest BCUT2D eigenvalue weighted by molar-refractivity contribution is 0.0913. The van der Waals surface area contributed by atoms with Gasteiger partial charge < -0.3 is 14.6 Å². The van der Waals surface area contributed by atoms with Crippen LogP contribution < -0.4 is 16.2 Å². The Balaban J connectivity index is 2.11. The van der Waals surface area contributed by atoms with Gasteiger partial charge in [-0.15, -0.1) is 0 Å². The zero-order valence-electron chi connectivity index (χ0n) is 14.0. The molecule has 2 aromatic rings. The summed E-state index contributed by atoms with van der Waals surface area (Å²) >= 11 is 0. The summed E-state index contributed by atoms with van der Waals surface area (Å²) < 4.78 is 6.45. The van der Waals surface area contributed by atoms with Crippen LogP contribution in [0.15, 0.2) is 42.6 Å². The van der Waals surface area contributed by atoms with Crippen LogP contribution >= 0.6 is 0 Å². The van der Waals surface area contributed by atoms with E-state index in [-0.39, 0.29) is 18.1 Å². The number of aryl methyl sites for hydroxylation is 1. The van der Waals surface area contributed by atoms with Crippen LogP contribution in [0, 0.1) is 0 Å². The van der Waals surface area contributed by atoms with E-state index in [4.69, 9.17) is 0 Å². The molecule has 2 rings (SSSR count). The Hall–Kier alpha value is -3.29. The average molecular weight is 344 g/mol. The van der Waals surface area contributed by atoms with Gasteiger partial charge in [-0.25, -0.2) is 10.2 Å². The Kier molecular flexibility index (Phi) is 6.16. The number of hydrogen-bond donors (Lipinski definition) is 3.